The molecule has 3 nitrogen and oxygen atoms in total. The summed E-state index contributed by atoms with van der Waals surface area (Å²) in [5.41, 5.74) is 15.0. The highest BCUT2D eigenvalue weighted by Gasteiger charge is 2.26. The first-order valence-corrected chi connectivity index (χ1v) is 11.2. The number of rotatable bonds is 2. The summed E-state index contributed by atoms with van der Waals surface area (Å²) < 4.78 is 0. The minimum Gasteiger partial charge on any atom is -0.399 e. The van der Waals surface area contributed by atoms with Gasteiger partial charge in [0.05, 0.1) is 17.1 Å². The fourth-order valence-corrected chi connectivity index (χ4v) is 5.32. The number of nitrogens with zero attached hydrogens (tertiary/aromatic N) is 1. The smallest absolute Gasteiger partial charge is 0.0754 e. The number of fused-ring (bicyclic) bond motifs is 7. The Hall–Kier alpha value is -4.37. The van der Waals surface area contributed by atoms with Crippen LogP contribution in [0.2, 0.25) is 0 Å². The van der Waals surface area contributed by atoms with Crippen LogP contribution in [0, 0.1) is 0 Å². The van der Waals surface area contributed by atoms with Crippen molar-refractivity contribution in [2.24, 2.45) is 4.99 Å². The maximum Gasteiger partial charge on any atom is 0.0754 e. The van der Waals surface area contributed by atoms with Gasteiger partial charge in [0.25, 0.3) is 0 Å². The number of hydrogen-bond acceptors (Lipinski definition) is 2. The van der Waals surface area contributed by atoms with E-state index < -0.39 is 0 Å². The Bertz CT molecular complexity index is 1740. The van der Waals surface area contributed by atoms with Gasteiger partial charge in [0.1, 0.15) is 0 Å². The van der Waals surface area contributed by atoms with Crippen LogP contribution in [-0.2, 0) is 6.42 Å². The molecule has 1 aromatic heterocycles. The zero-order valence-electron chi connectivity index (χ0n) is 18.0. The van der Waals surface area contributed by atoms with Crippen LogP contribution in [0.15, 0.2) is 102 Å². The third-order valence-corrected chi connectivity index (χ3v) is 6.78. The van der Waals surface area contributed by atoms with Gasteiger partial charge in [-0.15, -0.1) is 0 Å². The quantitative estimate of drug-likeness (QED) is 0.221. The minimum atomic E-state index is 0.780. The lowest BCUT2D eigenvalue weighted by molar-refractivity contribution is 1.41. The molecule has 0 bridgehead atoms. The first kappa shape index (κ1) is 18.2. The first-order chi connectivity index (χ1) is 16.3. The maximum atomic E-state index is 6.22. The van der Waals surface area contributed by atoms with Crippen molar-refractivity contribution in [3.63, 3.8) is 0 Å². The molecule has 0 amide bonds. The molecule has 6 aromatic rings. The third kappa shape index (κ3) is 2.66. The molecule has 0 spiro atoms. The third-order valence-electron chi connectivity index (χ3n) is 6.78. The van der Waals surface area contributed by atoms with Gasteiger partial charge in [0.15, 0.2) is 0 Å². The molecule has 7 rings (SSSR count). The largest absolute Gasteiger partial charge is 0.399 e. The van der Waals surface area contributed by atoms with Crippen LogP contribution in [0.25, 0.3) is 43.7 Å². The number of anilines is 1. The highest BCUT2D eigenvalue weighted by Crippen LogP contribution is 2.44. The van der Waals surface area contributed by atoms with E-state index in [1.807, 2.05) is 6.07 Å². The molecular formula is C30H21N3. The lowest BCUT2D eigenvalue weighted by atomic mass is 9.92. The average Bonchev–Trinajstić information content (AvgIpc) is 3.47. The Morgan fingerprint density at radius 2 is 1.36 bits per heavy atom. The van der Waals surface area contributed by atoms with Crippen molar-refractivity contribution < 1.29 is 0 Å². The number of aromatic amines is 1. The molecule has 156 valence electrons. The van der Waals surface area contributed by atoms with Crippen molar-refractivity contribution in [2.45, 2.75) is 6.42 Å². The minimum absolute atomic E-state index is 0.780. The van der Waals surface area contributed by atoms with Crippen LogP contribution in [0.1, 0.15) is 11.1 Å². The van der Waals surface area contributed by atoms with E-state index in [4.69, 9.17) is 10.7 Å². The van der Waals surface area contributed by atoms with Gasteiger partial charge < -0.3 is 10.7 Å². The van der Waals surface area contributed by atoms with Crippen molar-refractivity contribution in [3.8, 4) is 11.3 Å². The van der Waals surface area contributed by atoms with E-state index in [0.717, 1.165) is 34.7 Å². The standard InChI is InChI=1S/C30H21N3/c31-19-14-15-21-20-10-4-5-11-22(20)30-25(24(21)16-19)17-27(33-30)28-23-12-6-7-13-26(23)32-29(28)18-8-2-1-3-9-18/h1-16,32H,17,31H2. The Morgan fingerprint density at radius 3 is 2.21 bits per heavy atom. The Labute approximate surface area is 191 Å². The van der Waals surface area contributed by atoms with Crippen LogP contribution in [0.4, 0.5) is 11.4 Å². The van der Waals surface area contributed by atoms with Crippen LogP contribution in [-0.4, -0.2) is 10.7 Å². The number of H-pyrrole nitrogens is 1. The number of nitrogen functional groups attached to an aromatic ring is 1. The van der Waals surface area contributed by atoms with Gasteiger partial charge in [-0.05, 0) is 45.5 Å². The molecule has 33 heavy (non-hydrogen) atoms. The lowest BCUT2D eigenvalue weighted by Gasteiger charge is -2.11. The number of para-hydroxylation sites is 1. The van der Waals surface area contributed by atoms with Crippen LogP contribution in [0.5, 0.6) is 0 Å². The number of aromatic nitrogens is 1. The molecule has 1 aliphatic rings. The summed E-state index contributed by atoms with van der Waals surface area (Å²) in [5.74, 6) is 0. The van der Waals surface area contributed by atoms with Gasteiger partial charge in [0, 0.05) is 34.0 Å². The molecule has 5 aromatic carbocycles. The highest BCUT2D eigenvalue weighted by molar-refractivity contribution is 6.24. The van der Waals surface area contributed by atoms with E-state index >= 15 is 0 Å². The summed E-state index contributed by atoms with van der Waals surface area (Å²) in [6.45, 7) is 0. The Balaban J connectivity index is 1.54. The molecule has 3 N–H and O–H groups in total. The molecule has 0 saturated heterocycles. The molecule has 0 atom stereocenters. The average molecular weight is 424 g/mol. The summed E-state index contributed by atoms with van der Waals surface area (Å²) in [7, 11) is 0. The second-order valence-electron chi connectivity index (χ2n) is 8.70. The van der Waals surface area contributed by atoms with Gasteiger partial charge in [-0.25, -0.2) is 0 Å². The number of hydrogen-bond donors (Lipinski definition) is 2. The van der Waals surface area contributed by atoms with E-state index in [9.17, 15) is 0 Å². The van der Waals surface area contributed by atoms with E-state index in [-0.39, 0.29) is 0 Å². The lowest BCUT2D eigenvalue weighted by Crippen LogP contribution is -2.02. The molecule has 0 unspecified atom stereocenters. The normalized spacial score (nSPS) is 13.0. The number of aliphatic imine (C=N–C) groups is 1. The van der Waals surface area contributed by atoms with Crippen molar-refractivity contribution in [3.05, 3.63) is 108 Å². The van der Waals surface area contributed by atoms with Crippen molar-refractivity contribution in [1.82, 2.24) is 4.98 Å². The fourth-order valence-electron chi connectivity index (χ4n) is 5.32. The number of nitrogens with one attached hydrogen (secondary N) is 1. The second kappa shape index (κ2) is 6.81. The molecule has 0 radical (unpaired) electrons. The summed E-state index contributed by atoms with van der Waals surface area (Å²) in [4.78, 5) is 8.96. The molecule has 2 heterocycles. The van der Waals surface area contributed by atoms with E-state index in [1.165, 1.54) is 43.6 Å². The van der Waals surface area contributed by atoms with Gasteiger partial charge in [-0.2, -0.15) is 0 Å². The van der Waals surface area contributed by atoms with Crippen LogP contribution < -0.4 is 5.73 Å². The molecule has 0 fully saturated rings. The second-order valence-corrected chi connectivity index (χ2v) is 8.70. The number of benzene rings is 5. The highest BCUT2D eigenvalue weighted by atomic mass is 14.8. The SMILES string of the molecule is Nc1ccc2c(c1)c1c(c3ccccc32)N=C(c2c(-c3ccccc3)[nH]c3ccccc23)C1. The molecule has 0 aliphatic carbocycles. The molecule has 0 saturated carbocycles. The fraction of sp³-hybridized carbons (Fsp3) is 0.0333. The molecule has 1 aliphatic heterocycles. The van der Waals surface area contributed by atoms with Gasteiger partial charge in [0.2, 0.25) is 0 Å². The summed E-state index contributed by atoms with van der Waals surface area (Å²) in [5, 5.41) is 6.05. The Kier molecular flexibility index (Phi) is 3.76. The predicted molar refractivity (Wildman–Crippen MR) is 140 cm³/mol. The van der Waals surface area contributed by atoms with Crippen molar-refractivity contribution in [2.75, 3.05) is 5.73 Å². The number of nitrogens with two attached hydrogens (primary N) is 1. The van der Waals surface area contributed by atoms with Crippen LogP contribution in [0.3, 0.4) is 0 Å². The monoisotopic (exact) mass is 423 g/mol. The Morgan fingerprint density at radius 1 is 0.667 bits per heavy atom. The maximum absolute atomic E-state index is 6.22. The first-order valence-electron chi connectivity index (χ1n) is 11.2. The topological polar surface area (TPSA) is 54.2 Å². The summed E-state index contributed by atoms with van der Waals surface area (Å²) >= 11 is 0. The molecular weight excluding hydrogens is 402 g/mol. The zero-order chi connectivity index (χ0) is 21.9. The zero-order valence-corrected chi connectivity index (χ0v) is 18.0. The predicted octanol–water partition coefficient (Wildman–Crippen LogP) is 7.40. The van der Waals surface area contributed by atoms with E-state index in [0.29, 0.717) is 0 Å². The summed E-state index contributed by atoms with van der Waals surface area (Å²) in [6, 6.07) is 33.8. The van der Waals surface area contributed by atoms with Crippen molar-refractivity contribution >= 4 is 49.5 Å². The summed E-state index contributed by atoms with van der Waals surface area (Å²) in [6.07, 6.45) is 0.780. The van der Waals surface area contributed by atoms with Gasteiger partial charge in [-0.3, -0.25) is 4.99 Å². The van der Waals surface area contributed by atoms with Crippen LogP contribution >= 0.6 is 0 Å². The van der Waals surface area contributed by atoms with Crippen molar-refractivity contribution in [1.29, 1.82) is 0 Å². The van der Waals surface area contributed by atoms with Gasteiger partial charge in [-0.1, -0.05) is 78.9 Å². The molecule has 3 heteroatoms. The van der Waals surface area contributed by atoms with E-state index in [2.05, 4.69) is 96.0 Å². The van der Waals surface area contributed by atoms with Gasteiger partial charge >= 0.3 is 0 Å². The van der Waals surface area contributed by atoms with E-state index in [1.54, 1.807) is 0 Å².